The van der Waals surface area contributed by atoms with E-state index in [0.717, 1.165) is 12.3 Å². The van der Waals surface area contributed by atoms with Gasteiger partial charge in [0.25, 0.3) is 0 Å². The fourth-order valence-electron chi connectivity index (χ4n) is 2.99. The van der Waals surface area contributed by atoms with Crippen molar-refractivity contribution in [2.24, 2.45) is 5.92 Å². The van der Waals surface area contributed by atoms with Crippen LogP contribution >= 0.6 is 11.8 Å². The zero-order chi connectivity index (χ0) is 10.3. The molecule has 0 spiro atoms. The fraction of sp³-hybridized carbons (Fsp3) is 0.909. The number of amides is 1. The first-order valence-electron chi connectivity index (χ1n) is 5.95. The minimum Gasteiger partial charge on any atom is -0.443 e. The second-order valence-corrected chi connectivity index (χ2v) is 5.93. The van der Waals surface area contributed by atoms with Gasteiger partial charge >= 0.3 is 6.09 Å². The SMILES string of the molecule is O=C1OC(C2CCCCC2)C2SCCN12. The van der Waals surface area contributed by atoms with Gasteiger partial charge < -0.3 is 4.74 Å². The van der Waals surface area contributed by atoms with Crippen LogP contribution in [0.5, 0.6) is 0 Å². The van der Waals surface area contributed by atoms with Gasteiger partial charge in [-0.3, -0.25) is 4.90 Å². The highest BCUT2D eigenvalue weighted by Crippen LogP contribution is 2.41. The minimum atomic E-state index is -0.0689. The molecule has 0 N–H and O–H groups in total. The van der Waals surface area contributed by atoms with E-state index in [1.165, 1.54) is 32.1 Å². The van der Waals surface area contributed by atoms with Crippen molar-refractivity contribution in [2.45, 2.75) is 43.6 Å². The van der Waals surface area contributed by atoms with Gasteiger partial charge in [-0.25, -0.2) is 4.79 Å². The first-order chi connectivity index (χ1) is 7.36. The summed E-state index contributed by atoms with van der Waals surface area (Å²) in [7, 11) is 0. The highest BCUT2D eigenvalue weighted by Gasteiger charge is 2.48. The standard InChI is InChI=1S/C11H17NO2S/c13-11-12-6-7-15-10(12)9(14-11)8-4-2-1-3-5-8/h8-10H,1-7H2. The number of nitrogens with zero attached hydrogens (tertiary/aromatic N) is 1. The summed E-state index contributed by atoms with van der Waals surface area (Å²) in [5.41, 5.74) is 0. The lowest BCUT2D eigenvalue weighted by molar-refractivity contribution is 0.0845. The molecule has 84 valence electrons. The van der Waals surface area contributed by atoms with Gasteiger partial charge in [-0.15, -0.1) is 11.8 Å². The number of carbonyl (C=O) groups is 1. The summed E-state index contributed by atoms with van der Waals surface area (Å²) in [4.78, 5) is 13.5. The van der Waals surface area contributed by atoms with Crippen molar-refractivity contribution >= 4 is 17.9 Å². The van der Waals surface area contributed by atoms with Crippen LogP contribution in [0.4, 0.5) is 4.79 Å². The predicted molar refractivity (Wildman–Crippen MR) is 59.8 cm³/mol. The second-order valence-electron chi connectivity index (χ2n) is 4.70. The Morgan fingerprint density at radius 3 is 2.87 bits per heavy atom. The van der Waals surface area contributed by atoms with Gasteiger partial charge in [0.2, 0.25) is 0 Å². The lowest BCUT2D eigenvalue weighted by Gasteiger charge is -2.28. The average molecular weight is 227 g/mol. The topological polar surface area (TPSA) is 29.5 Å². The number of rotatable bonds is 1. The summed E-state index contributed by atoms with van der Waals surface area (Å²) in [6.45, 7) is 0.886. The summed E-state index contributed by atoms with van der Waals surface area (Å²) in [5.74, 6) is 1.71. The first kappa shape index (κ1) is 9.82. The molecule has 2 saturated heterocycles. The van der Waals surface area contributed by atoms with E-state index in [0.29, 0.717) is 11.3 Å². The lowest BCUT2D eigenvalue weighted by Crippen LogP contribution is -2.34. The predicted octanol–water partition coefficient (Wildman–Crippen LogP) is 2.46. The molecule has 3 rings (SSSR count). The molecule has 15 heavy (non-hydrogen) atoms. The number of hydrogen-bond donors (Lipinski definition) is 0. The van der Waals surface area contributed by atoms with Gasteiger partial charge in [0.05, 0.1) is 0 Å². The molecule has 4 heteroatoms. The highest BCUT2D eigenvalue weighted by molar-refractivity contribution is 8.00. The van der Waals surface area contributed by atoms with Gasteiger partial charge in [0, 0.05) is 12.3 Å². The van der Waals surface area contributed by atoms with Crippen LogP contribution in [0.25, 0.3) is 0 Å². The molecular formula is C11H17NO2S. The van der Waals surface area contributed by atoms with Gasteiger partial charge in [0.15, 0.2) is 0 Å². The van der Waals surface area contributed by atoms with Crippen molar-refractivity contribution in [2.75, 3.05) is 12.3 Å². The minimum absolute atomic E-state index is 0.0689. The van der Waals surface area contributed by atoms with Crippen LogP contribution in [0.1, 0.15) is 32.1 Å². The van der Waals surface area contributed by atoms with Crippen LogP contribution in [0, 0.1) is 5.92 Å². The Hall–Kier alpha value is -0.380. The van der Waals surface area contributed by atoms with Crippen LogP contribution < -0.4 is 0 Å². The Balaban J connectivity index is 1.72. The second kappa shape index (κ2) is 3.89. The van der Waals surface area contributed by atoms with E-state index in [9.17, 15) is 4.79 Å². The van der Waals surface area contributed by atoms with E-state index in [1.54, 1.807) is 0 Å². The van der Waals surface area contributed by atoms with Gasteiger partial charge in [0.1, 0.15) is 11.5 Å². The third kappa shape index (κ3) is 1.63. The monoisotopic (exact) mass is 227 g/mol. The number of hydrogen-bond acceptors (Lipinski definition) is 3. The molecule has 2 aliphatic heterocycles. The van der Waals surface area contributed by atoms with Gasteiger partial charge in [-0.1, -0.05) is 19.3 Å². The molecule has 3 fully saturated rings. The lowest BCUT2D eigenvalue weighted by atomic mass is 9.85. The Labute approximate surface area is 94.5 Å². The van der Waals surface area contributed by atoms with Crippen LogP contribution in [0.2, 0.25) is 0 Å². The quantitative estimate of drug-likeness (QED) is 0.689. The summed E-state index contributed by atoms with van der Waals surface area (Å²) < 4.78 is 5.53. The smallest absolute Gasteiger partial charge is 0.411 e. The number of fused-ring (bicyclic) bond motifs is 1. The Kier molecular flexibility index (Phi) is 2.54. The van der Waals surface area contributed by atoms with E-state index in [2.05, 4.69) is 0 Å². The van der Waals surface area contributed by atoms with Crippen LogP contribution in [-0.4, -0.2) is 34.8 Å². The molecular weight excluding hydrogens is 210 g/mol. The highest BCUT2D eigenvalue weighted by atomic mass is 32.2. The third-order valence-electron chi connectivity index (χ3n) is 3.79. The maximum atomic E-state index is 11.6. The van der Waals surface area contributed by atoms with E-state index in [4.69, 9.17) is 4.74 Å². The maximum absolute atomic E-state index is 11.6. The van der Waals surface area contributed by atoms with Crippen molar-refractivity contribution in [1.82, 2.24) is 4.90 Å². The summed E-state index contributed by atoms with van der Waals surface area (Å²) >= 11 is 1.90. The van der Waals surface area contributed by atoms with E-state index < -0.39 is 0 Å². The van der Waals surface area contributed by atoms with Crippen LogP contribution in [0.15, 0.2) is 0 Å². The zero-order valence-electron chi connectivity index (χ0n) is 8.85. The number of carbonyl (C=O) groups excluding carboxylic acids is 1. The van der Waals surface area contributed by atoms with Crippen molar-refractivity contribution < 1.29 is 9.53 Å². The molecule has 3 nitrogen and oxygen atoms in total. The molecule has 2 atom stereocenters. The van der Waals surface area contributed by atoms with Crippen molar-refractivity contribution in [1.29, 1.82) is 0 Å². The molecule has 0 aromatic heterocycles. The Bertz CT molecular complexity index is 265. The molecule has 0 radical (unpaired) electrons. The van der Waals surface area contributed by atoms with Crippen LogP contribution in [-0.2, 0) is 4.74 Å². The van der Waals surface area contributed by atoms with Gasteiger partial charge in [-0.2, -0.15) is 0 Å². The summed E-state index contributed by atoms with van der Waals surface area (Å²) in [6.07, 6.45) is 6.61. The molecule has 1 amide bonds. The Morgan fingerprint density at radius 1 is 1.27 bits per heavy atom. The number of ether oxygens (including phenoxy) is 1. The maximum Gasteiger partial charge on any atom is 0.411 e. The van der Waals surface area contributed by atoms with Crippen LogP contribution in [0.3, 0.4) is 0 Å². The third-order valence-corrected chi connectivity index (χ3v) is 5.08. The molecule has 1 aliphatic carbocycles. The molecule has 0 aromatic carbocycles. The molecule has 2 heterocycles. The van der Waals surface area contributed by atoms with E-state index in [1.807, 2.05) is 16.7 Å². The largest absolute Gasteiger partial charge is 0.443 e. The van der Waals surface area contributed by atoms with Gasteiger partial charge in [-0.05, 0) is 18.8 Å². The Morgan fingerprint density at radius 2 is 2.07 bits per heavy atom. The number of thioether (sulfide) groups is 1. The molecule has 3 aliphatic rings. The molecule has 2 unspecified atom stereocenters. The molecule has 0 aromatic rings. The van der Waals surface area contributed by atoms with Crippen molar-refractivity contribution in [3.8, 4) is 0 Å². The average Bonchev–Trinajstić information content (AvgIpc) is 2.84. The number of cyclic esters (lactones) is 1. The molecule has 1 saturated carbocycles. The normalized spacial score (nSPS) is 36.8. The summed E-state index contributed by atoms with van der Waals surface area (Å²) in [6, 6.07) is 0. The fourth-order valence-corrected chi connectivity index (χ4v) is 4.37. The van der Waals surface area contributed by atoms with Crippen molar-refractivity contribution in [3.63, 3.8) is 0 Å². The van der Waals surface area contributed by atoms with Crippen molar-refractivity contribution in [3.05, 3.63) is 0 Å². The summed E-state index contributed by atoms with van der Waals surface area (Å²) in [5, 5.41) is 0.334. The van der Waals surface area contributed by atoms with E-state index in [-0.39, 0.29) is 12.2 Å². The zero-order valence-corrected chi connectivity index (χ0v) is 9.67. The van der Waals surface area contributed by atoms with E-state index >= 15 is 0 Å². The first-order valence-corrected chi connectivity index (χ1v) is 7.00. The molecule has 0 bridgehead atoms.